The van der Waals surface area contributed by atoms with Crippen molar-refractivity contribution in [2.75, 3.05) is 13.2 Å². The van der Waals surface area contributed by atoms with Gasteiger partial charge in [0.15, 0.2) is 0 Å². The number of nitrogens with zero attached hydrogens (tertiary/aromatic N) is 1. The maximum absolute atomic E-state index is 12.2. The van der Waals surface area contributed by atoms with Gasteiger partial charge in [0.2, 0.25) is 5.88 Å². The van der Waals surface area contributed by atoms with E-state index >= 15 is 0 Å². The molecule has 0 fully saturated rings. The maximum atomic E-state index is 12.2. The summed E-state index contributed by atoms with van der Waals surface area (Å²) in [6.45, 7) is 3.16. The summed E-state index contributed by atoms with van der Waals surface area (Å²) >= 11 is 0. The lowest BCUT2D eigenvalue weighted by Crippen LogP contribution is -2.26. The molecule has 1 aromatic carbocycles. The molecule has 1 aromatic heterocycles. The third-order valence-electron chi connectivity index (χ3n) is 3.00. The van der Waals surface area contributed by atoms with Crippen molar-refractivity contribution in [3.05, 3.63) is 59.8 Å². The molecule has 0 saturated carbocycles. The van der Waals surface area contributed by atoms with Crippen molar-refractivity contribution in [2.24, 2.45) is 0 Å². The number of amides is 1. The minimum absolute atomic E-state index is 0.148. The molecule has 0 aliphatic rings. The lowest BCUT2D eigenvalue weighted by atomic mass is 10.1. The van der Waals surface area contributed by atoms with E-state index in [2.05, 4.69) is 10.3 Å². The van der Waals surface area contributed by atoms with Crippen molar-refractivity contribution in [3.8, 4) is 5.88 Å². The molecule has 0 saturated heterocycles. The fraction of sp³-hybridized carbons (Fsp3) is 0.294. The van der Waals surface area contributed by atoms with Gasteiger partial charge in [-0.05, 0) is 30.5 Å². The van der Waals surface area contributed by atoms with Gasteiger partial charge < -0.3 is 10.1 Å². The fourth-order valence-corrected chi connectivity index (χ4v) is 1.94. The van der Waals surface area contributed by atoms with Gasteiger partial charge in [-0.3, -0.25) is 4.79 Å². The largest absolute Gasteiger partial charge is 0.477 e. The first kappa shape index (κ1) is 15.0. The van der Waals surface area contributed by atoms with Gasteiger partial charge in [0.25, 0.3) is 5.91 Å². The van der Waals surface area contributed by atoms with E-state index in [1.807, 2.05) is 37.3 Å². The van der Waals surface area contributed by atoms with E-state index in [-0.39, 0.29) is 5.91 Å². The topological polar surface area (TPSA) is 51.2 Å². The zero-order valence-electron chi connectivity index (χ0n) is 12.2. The Morgan fingerprint density at radius 2 is 2.00 bits per heavy atom. The van der Waals surface area contributed by atoms with Crippen LogP contribution < -0.4 is 10.1 Å². The van der Waals surface area contributed by atoms with E-state index in [1.165, 1.54) is 5.56 Å². The molecule has 1 amide bonds. The monoisotopic (exact) mass is 284 g/mol. The van der Waals surface area contributed by atoms with Crippen LogP contribution in [0.3, 0.4) is 0 Å². The summed E-state index contributed by atoms with van der Waals surface area (Å²) < 4.78 is 5.50. The van der Waals surface area contributed by atoms with E-state index in [4.69, 9.17) is 4.74 Å². The second kappa shape index (κ2) is 8.04. The van der Waals surface area contributed by atoms with Crippen molar-refractivity contribution in [2.45, 2.75) is 19.8 Å². The van der Waals surface area contributed by atoms with Gasteiger partial charge in [-0.15, -0.1) is 0 Å². The van der Waals surface area contributed by atoms with E-state index in [0.717, 1.165) is 12.8 Å². The van der Waals surface area contributed by atoms with E-state index in [0.29, 0.717) is 24.6 Å². The molecule has 0 spiro atoms. The predicted octanol–water partition coefficient (Wildman–Crippen LogP) is 2.84. The number of rotatable bonds is 7. The molecule has 0 aliphatic heterocycles. The lowest BCUT2D eigenvalue weighted by Gasteiger charge is -2.10. The number of carbonyl (C=O) groups excluding carboxylic acids is 1. The summed E-state index contributed by atoms with van der Waals surface area (Å²) in [7, 11) is 0. The first-order valence-electron chi connectivity index (χ1n) is 7.21. The molecule has 110 valence electrons. The highest BCUT2D eigenvalue weighted by Gasteiger charge is 2.12. The minimum atomic E-state index is -0.148. The number of pyridine rings is 1. The number of nitrogens with one attached hydrogen (secondary N) is 1. The average Bonchev–Trinajstić information content (AvgIpc) is 2.54. The van der Waals surface area contributed by atoms with Gasteiger partial charge in [-0.25, -0.2) is 4.98 Å². The molecule has 21 heavy (non-hydrogen) atoms. The second-order valence-electron chi connectivity index (χ2n) is 4.70. The highest BCUT2D eigenvalue weighted by atomic mass is 16.5. The third kappa shape index (κ3) is 4.60. The zero-order valence-corrected chi connectivity index (χ0v) is 12.2. The van der Waals surface area contributed by atoms with E-state index in [1.54, 1.807) is 18.3 Å². The molecule has 0 unspecified atom stereocenters. The van der Waals surface area contributed by atoms with Crippen molar-refractivity contribution < 1.29 is 9.53 Å². The Kier molecular flexibility index (Phi) is 5.76. The predicted molar refractivity (Wildman–Crippen MR) is 82.5 cm³/mol. The van der Waals surface area contributed by atoms with Gasteiger partial charge in [-0.2, -0.15) is 0 Å². The number of carbonyl (C=O) groups is 1. The van der Waals surface area contributed by atoms with Crippen LogP contribution in [0.1, 0.15) is 29.3 Å². The molecule has 0 bridgehead atoms. The summed E-state index contributed by atoms with van der Waals surface area (Å²) in [5.41, 5.74) is 1.69. The first-order chi connectivity index (χ1) is 10.3. The molecule has 4 heteroatoms. The Morgan fingerprint density at radius 1 is 1.19 bits per heavy atom. The van der Waals surface area contributed by atoms with Crippen LogP contribution in [0.4, 0.5) is 0 Å². The van der Waals surface area contributed by atoms with Gasteiger partial charge in [-0.1, -0.05) is 37.3 Å². The van der Waals surface area contributed by atoms with Crippen molar-refractivity contribution in [3.63, 3.8) is 0 Å². The average molecular weight is 284 g/mol. The molecular formula is C17H20N2O2. The molecule has 0 atom stereocenters. The van der Waals surface area contributed by atoms with Crippen LogP contribution >= 0.6 is 0 Å². The number of hydrogen-bond acceptors (Lipinski definition) is 3. The maximum Gasteiger partial charge on any atom is 0.256 e. The van der Waals surface area contributed by atoms with Crippen molar-refractivity contribution in [1.82, 2.24) is 10.3 Å². The van der Waals surface area contributed by atoms with Crippen LogP contribution in [-0.4, -0.2) is 24.0 Å². The van der Waals surface area contributed by atoms with Crippen LogP contribution in [0.25, 0.3) is 0 Å². The molecule has 0 aliphatic carbocycles. The fourth-order valence-electron chi connectivity index (χ4n) is 1.94. The zero-order chi connectivity index (χ0) is 14.9. The number of ether oxygens (including phenoxy) is 1. The van der Waals surface area contributed by atoms with Crippen molar-refractivity contribution in [1.29, 1.82) is 0 Å². The van der Waals surface area contributed by atoms with Crippen LogP contribution in [0.15, 0.2) is 48.7 Å². The number of hydrogen-bond donors (Lipinski definition) is 1. The smallest absolute Gasteiger partial charge is 0.256 e. The third-order valence-corrected chi connectivity index (χ3v) is 3.00. The summed E-state index contributed by atoms with van der Waals surface area (Å²) in [5.74, 6) is 0.252. The van der Waals surface area contributed by atoms with Gasteiger partial charge in [0.1, 0.15) is 5.56 Å². The Balaban J connectivity index is 1.91. The Labute approximate surface area is 125 Å². The molecule has 2 rings (SSSR count). The van der Waals surface area contributed by atoms with Gasteiger partial charge >= 0.3 is 0 Å². The molecule has 0 radical (unpaired) electrons. The van der Waals surface area contributed by atoms with E-state index < -0.39 is 0 Å². The summed E-state index contributed by atoms with van der Waals surface area (Å²) in [6.07, 6.45) is 3.31. The highest BCUT2D eigenvalue weighted by molar-refractivity contribution is 5.96. The Hall–Kier alpha value is -2.36. The normalized spacial score (nSPS) is 10.1. The van der Waals surface area contributed by atoms with Crippen LogP contribution in [0.5, 0.6) is 5.88 Å². The lowest BCUT2D eigenvalue weighted by molar-refractivity contribution is 0.0949. The number of aromatic nitrogens is 1. The van der Waals surface area contributed by atoms with Crippen LogP contribution in [0, 0.1) is 0 Å². The molecule has 4 nitrogen and oxygen atoms in total. The molecular weight excluding hydrogens is 264 g/mol. The van der Waals surface area contributed by atoms with Gasteiger partial charge in [0, 0.05) is 12.7 Å². The van der Waals surface area contributed by atoms with Gasteiger partial charge in [0.05, 0.1) is 6.61 Å². The SMILES string of the molecule is CCCOc1ncccc1C(=O)NCCc1ccccc1. The quantitative estimate of drug-likeness (QED) is 0.850. The van der Waals surface area contributed by atoms with E-state index in [9.17, 15) is 4.79 Å². The van der Waals surface area contributed by atoms with Crippen LogP contribution in [0.2, 0.25) is 0 Å². The summed E-state index contributed by atoms with van der Waals surface area (Å²) in [6, 6.07) is 13.5. The Bertz CT molecular complexity index is 570. The first-order valence-corrected chi connectivity index (χ1v) is 7.21. The molecule has 1 heterocycles. The number of benzene rings is 1. The summed E-state index contributed by atoms with van der Waals surface area (Å²) in [4.78, 5) is 16.3. The molecule has 1 N–H and O–H groups in total. The van der Waals surface area contributed by atoms with Crippen molar-refractivity contribution >= 4 is 5.91 Å². The summed E-state index contributed by atoms with van der Waals surface area (Å²) in [5, 5.41) is 2.91. The highest BCUT2D eigenvalue weighted by Crippen LogP contribution is 2.14. The van der Waals surface area contributed by atoms with Crippen LogP contribution in [-0.2, 0) is 6.42 Å². The minimum Gasteiger partial charge on any atom is -0.477 e. The standard InChI is InChI=1S/C17H20N2O2/c1-2-13-21-17-15(9-6-11-19-17)16(20)18-12-10-14-7-4-3-5-8-14/h3-9,11H,2,10,12-13H2,1H3,(H,18,20). The molecule has 2 aromatic rings. The second-order valence-corrected chi connectivity index (χ2v) is 4.70. The Morgan fingerprint density at radius 3 is 2.76 bits per heavy atom.